The van der Waals surface area contributed by atoms with Crippen molar-refractivity contribution in [3.63, 3.8) is 0 Å². The molecule has 0 unspecified atom stereocenters. The Labute approximate surface area is 69.3 Å². The molecule has 0 saturated carbocycles. The molecular weight excluding hydrogens is 161 g/mol. The summed E-state index contributed by atoms with van der Waals surface area (Å²) in [6.07, 6.45) is 0. The number of hydrogen-bond acceptors (Lipinski definition) is 3. The molecule has 4 heteroatoms. The van der Waals surface area contributed by atoms with Gasteiger partial charge in [0.2, 0.25) is 0 Å². The summed E-state index contributed by atoms with van der Waals surface area (Å²) in [5.41, 5.74) is 5.94. The zero-order valence-corrected chi connectivity index (χ0v) is 6.37. The molecule has 66 valence electrons. The van der Waals surface area contributed by atoms with E-state index in [0.717, 1.165) is 6.07 Å². The first-order valence-corrected chi connectivity index (χ1v) is 3.50. The summed E-state index contributed by atoms with van der Waals surface area (Å²) in [5.74, 6) is -1.14. The summed E-state index contributed by atoms with van der Waals surface area (Å²) in [5, 5.41) is 17.6. The third-order valence-electron chi connectivity index (χ3n) is 1.60. The standard InChI is InChI=1S/C8H10FNO2/c9-6-2-1-5(3-8(6)12)7(10)4-11/h1-3,7,11-12H,4,10H2/t7-/m1/s1. The number of phenolic OH excluding ortho intramolecular Hbond substituents is 1. The van der Waals surface area contributed by atoms with Gasteiger partial charge in [0.25, 0.3) is 0 Å². The molecule has 0 aliphatic rings. The van der Waals surface area contributed by atoms with Crippen molar-refractivity contribution in [3.8, 4) is 5.75 Å². The Kier molecular flexibility index (Phi) is 2.62. The van der Waals surface area contributed by atoms with Gasteiger partial charge in [-0.15, -0.1) is 0 Å². The van der Waals surface area contributed by atoms with Gasteiger partial charge >= 0.3 is 0 Å². The molecule has 1 rings (SSSR count). The number of benzene rings is 1. The zero-order chi connectivity index (χ0) is 9.14. The molecule has 0 saturated heterocycles. The molecule has 0 heterocycles. The van der Waals surface area contributed by atoms with Crippen molar-refractivity contribution in [1.82, 2.24) is 0 Å². The molecule has 0 bridgehead atoms. The van der Waals surface area contributed by atoms with Crippen LogP contribution in [0.25, 0.3) is 0 Å². The zero-order valence-electron chi connectivity index (χ0n) is 6.37. The van der Waals surface area contributed by atoms with Gasteiger partial charge in [-0.1, -0.05) is 6.07 Å². The summed E-state index contributed by atoms with van der Waals surface area (Å²) in [7, 11) is 0. The van der Waals surface area contributed by atoms with Crippen molar-refractivity contribution in [1.29, 1.82) is 0 Å². The quantitative estimate of drug-likeness (QED) is 0.607. The molecule has 0 aliphatic heterocycles. The second-order valence-corrected chi connectivity index (χ2v) is 2.50. The van der Waals surface area contributed by atoms with Gasteiger partial charge in [0.1, 0.15) is 0 Å². The summed E-state index contributed by atoms with van der Waals surface area (Å²) >= 11 is 0. The fraction of sp³-hybridized carbons (Fsp3) is 0.250. The predicted molar refractivity (Wildman–Crippen MR) is 42.1 cm³/mol. The summed E-state index contributed by atoms with van der Waals surface area (Å²) < 4.78 is 12.5. The summed E-state index contributed by atoms with van der Waals surface area (Å²) in [6.45, 7) is -0.231. The van der Waals surface area contributed by atoms with Crippen molar-refractivity contribution in [2.24, 2.45) is 5.73 Å². The van der Waals surface area contributed by atoms with E-state index in [1.165, 1.54) is 12.1 Å². The highest BCUT2D eigenvalue weighted by Gasteiger charge is 2.07. The molecule has 1 aromatic carbocycles. The SMILES string of the molecule is N[C@H](CO)c1ccc(F)c(O)c1. The monoisotopic (exact) mass is 171 g/mol. The second kappa shape index (κ2) is 3.51. The molecule has 0 radical (unpaired) electrons. The first-order valence-electron chi connectivity index (χ1n) is 3.50. The van der Waals surface area contributed by atoms with Crippen molar-refractivity contribution >= 4 is 0 Å². The molecule has 4 N–H and O–H groups in total. The Bertz CT molecular complexity index is 278. The number of halogens is 1. The minimum absolute atomic E-state index is 0.231. The first-order chi connectivity index (χ1) is 5.65. The van der Waals surface area contributed by atoms with Gasteiger partial charge in [-0.25, -0.2) is 4.39 Å². The molecule has 3 nitrogen and oxygen atoms in total. The topological polar surface area (TPSA) is 66.5 Å². The van der Waals surface area contributed by atoms with E-state index in [1.807, 2.05) is 0 Å². The van der Waals surface area contributed by atoms with E-state index in [1.54, 1.807) is 0 Å². The van der Waals surface area contributed by atoms with Crippen molar-refractivity contribution in [2.45, 2.75) is 6.04 Å². The predicted octanol–water partition coefficient (Wildman–Crippen LogP) is 0.523. The number of aliphatic hydroxyl groups is 1. The Morgan fingerprint density at radius 3 is 2.67 bits per heavy atom. The lowest BCUT2D eigenvalue weighted by Gasteiger charge is -2.08. The van der Waals surface area contributed by atoms with Crippen LogP contribution >= 0.6 is 0 Å². The maximum Gasteiger partial charge on any atom is 0.164 e. The Balaban J connectivity index is 2.96. The van der Waals surface area contributed by atoms with E-state index in [0.29, 0.717) is 5.56 Å². The lowest BCUT2D eigenvalue weighted by Crippen LogP contribution is -2.14. The molecule has 1 atom stereocenters. The molecule has 0 fully saturated rings. The first kappa shape index (κ1) is 8.96. The lowest BCUT2D eigenvalue weighted by molar-refractivity contribution is 0.267. The van der Waals surface area contributed by atoms with Crippen molar-refractivity contribution in [2.75, 3.05) is 6.61 Å². The fourth-order valence-corrected chi connectivity index (χ4v) is 0.866. The van der Waals surface area contributed by atoms with Gasteiger partial charge in [-0.3, -0.25) is 0 Å². The number of phenols is 1. The second-order valence-electron chi connectivity index (χ2n) is 2.50. The van der Waals surface area contributed by atoms with Crippen LogP contribution in [0.3, 0.4) is 0 Å². The minimum atomic E-state index is -0.691. The van der Waals surface area contributed by atoms with Crippen molar-refractivity contribution < 1.29 is 14.6 Å². The van der Waals surface area contributed by atoms with E-state index in [4.69, 9.17) is 15.9 Å². The number of hydrogen-bond donors (Lipinski definition) is 3. The van der Waals surface area contributed by atoms with Crippen LogP contribution in [0, 0.1) is 5.82 Å². The van der Waals surface area contributed by atoms with Gasteiger partial charge in [-0.2, -0.15) is 0 Å². The van der Waals surface area contributed by atoms with Crippen LogP contribution in [0.15, 0.2) is 18.2 Å². The maximum atomic E-state index is 12.5. The highest BCUT2D eigenvalue weighted by Crippen LogP contribution is 2.19. The third kappa shape index (κ3) is 1.72. The molecular formula is C8H10FNO2. The number of rotatable bonds is 2. The lowest BCUT2D eigenvalue weighted by atomic mass is 10.1. The molecule has 0 amide bonds. The van der Waals surface area contributed by atoms with Gasteiger partial charge in [0.15, 0.2) is 11.6 Å². The Hall–Kier alpha value is -1.13. The van der Waals surface area contributed by atoms with Gasteiger partial charge in [-0.05, 0) is 17.7 Å². The fourth-order valence-electron chi connectivity index (χ4n) is 0.866. The molecule has 12 heavy (non-hydrogen) atoms. The van der Waals surface area contributed by atoms with Crippen molar-refractivity contribution in [3.05, 3.63) is 29.6 Å². The van der Waals surface area contributed by atoms with Crippen LogP contribution in [0.1, 0.15) is 11.6 Å². The normalized spacial score (nSPS) is 12.9. The van der Waals surface area contributed by atoms with Crippen LogP contribution in [0.4, 0.5) is 4.39 Å². The van der Waals surface area contributed by atoms with Gasteiger partial charge in [0.05, 0.1) is 12.6 Å². The van der Waals surface area contributed by atoms with Crippen LogP contribution in [0.5, 0.6) is 5.75 Å². The highest BCUT2D eigenvalue weighted by molar-refractivity contribution is 5.30. The van der Waals surface area contributed by atoms with Gasteiger partial charge < -0.3 is 15.9 Å². The molecule has 0 aromatic heterocycles. The van der Waals surface area contributed by atoms with Crippen LogP contribution < -0.4 is 5.73 Å². The van der Waals surface area contributed by atoms with Crippen LogP contribution in [-0.4, -0.2) is 16.8 Å². The highest BCUT2D eigenvalue weighted by atomic mass is 19.1. The Morgan fingerprint density at radius 1 is 1.50 bits per heavy atom. The molecule has 1 aromatic rings. The van der Waals surface area contributed by atoms with Crippen LogP contribution in [-0.2, 0) is 0 Å². The Morgan fingerprint density at radius 2 is 2.17 bits per heavy atom. The van der Waals surface area contributed by atoms with E-state index in [9.17, 15) is 4.39 Å². The van der Waals surface area contributed by atoms with Crippen LogP contribution in [0.2, 0.25) is 0 Å². The van der Waals surface area contributed by atoms with Gasteiger partial charge in [0, 0.05) is 0 Å². The summed E-state index contributed by atoms with van der Waals surface area (Å²) in [6, 6.07) is 3.17. The number of aromatic hydroxyl groups is 1. The van der Waals surface area contributed by atoms with E-state index >= 15 is 0 Å². The largest absolute Gasteiger partial charge is 0.505 e. The minimum Gasteiger partial charge on any atom is -0.505 e. The maximum absolute atomic E-state index is 12.5. The molecule has 0 spiro atoms. The van der Waals surface area contributed by atoms with E-state index in [-0.39, 0.29) is 6.61 Å². The number of nitrogens with two attached hydrogens (primary N) is 1. The smallest absolute Gasteiger partial charge is 0.164 e. The third-order valence-corrected chi connectivity index (χ3v) is 1.60. The number of aliphatic hydroxyl groups excluding tert-OH is 1. The average molecular weight is 171 g/mol. The molecule has 0 aliphatic carbocycles. The average Bonchev–Trinajstić information content (AvgIpc) is 2.08. The summed E-state index contributed by atoms with van der Waals surface area (Å²) in [4.78, 5) is 0. The van der Waals surface area contributed by atoms with E-state index in [2.05, 4.69) is 0 Å². The van der Waals surface area contributed by atoms with E-state index < -0.39 is 17.6 Å².